The van der Waals surface area contributed by atoms with Gasteiger partial charge in [0.2, 0.25) is 0 Å². The van der Waals surface area contributed by atoms with E-state index < -0.39 is 0 Å². The molecule has 1 atom stereocenters. The van der Waals surface area contributed by atoms with Gasteiger partial charge in [-0.05, 0) is 35.2 Å². The molecule has 2 rings (SSSR count). The number of thioether (sulfide) groups is 1. The average molecular weight is 328 g/mol. The molecule has 0 saturated heterocycles. The summed E-state index contributed by atoms with van der Waals surface area (Å²) in [7, 11) is 1.39. The van der Waals surface area contributed by atoms with Crippen molar-refractivity contribution < 1.29 is 9.53 Å². The predicted octanol–water partition coefficient (Wildman–Crippen LogP) is 3.98. The normalized spacial score (nSPS) is 12.1. The van der Waals surface area contributed by atoms with E-state index in [0.717, 1.165) is 10.4 Å². The number of ether oxygens (including phenoxy) is 1. The van der Waals surface area contributed by atoms with Crippen molar-refractivity contribution in [2.24, 2.45) is 0 Å². The summed E-state index contributed by atoms with van der Waals surface area (Å²) in [5.41, 5.74) is 7.65. The molecule has 0 aliphatic heterocycles. The van der Waals surface area contributed by atoms with Crippen LogP contribution >= 0.6 is 34.7 Å². The summed E-state index contributed by atoms with van der Waals surface area (Å²) in [5.74, 6) is 0.0162. The molecule has 2 N–H and O–H groups in total. The maximum absolute atomic E-state index is 11.4. The Morgan fingerprint density at radius 3 is 2.95 bits per heavy atom. The van der Waals surface area contributed by atoms with Gasteiger partial charge in [0.05, 0.1) is 18.1 Å². The molecule has 0 saturated carbocycles. The molecule has 20 heavy (non-hydrogen) atoms. The highest BCUT2D eigenvalue weighted by Crippen LogP contribution is 2.41. The van der Waals surface area contributed by atoms with Crippen molar-refractivity contribution in [1.82, 2.24) is 0 Å². The number of benzene rings is 1. The summed E-state index contributed by atoms with van der Waals surface area (Å²) in [6.07, 6.45) is 0. The lowest BCUT2D eigenvalue weighted by Crippen LogP contribution is -2.07. The van der Waals surface area contributed by atoms with Gasteiger partial charge >= 0.3 is 5.97 Å². The number of hydrogen-bond donors (Lipinski definition) is 1. The van der Waals surface area contributed by atoms with Crippen LogP contribution < -0.4 is 5.73 Å². The first-order valence-corrected chi connectivity index (χ1v) is 8.19. The van der Waals surface area contributed by atoms with E-state index in [1.54, 1.807) is 23.5 Å². The summed E-state index contributed by atoms with van der Waals surface area (Å²) in [6, 6.07) is 9.41. The van der Waals surface area contributed by atoms with Crippen LogP contribution in [-0.2, 0) is 9.53 Å². The van der Waals surface area contributed by atoms with Crippen LogP contribution in [0.25, 0.3) is 0 Å². The minimum Gasteiger partial charge on any atom is -0.468 e. The van der Waals surface area contributed by atoms with E-state index in [2.05, 4.69) is 0 Å². The molecule has 1 unspecified atom stereocenters. The topological polar surface area (TPSA) is 52.3 Å². The van der Waals surface area contributed by atoms with Crippen LogP contribution in [0.2, 0.25) is 5.02 Å². The zero-order chi connectivity index (χ0) is 14.5. The first kappa shape index (κ1) is 15.2. The van der Waals surface area contributed by atoms with Crippen molar-refractivity contribution >= 4 is 46.4 Å². The zero-order valence-electron chi connectivity index (χ0n) is 10.8. The van der Waals surface area contributed by atoms with E-state index in [9.17, 15) is 4.79 Å². The molecule has 0 spiro atoms. The lowest BCUT2D eigenvalue weighted by molar-refractivity contribution is -0.137. The summed E-state index contributed by atoms with van der Waals surface area (Å²) in [4.78, 5) is 12.5. The lowest BCUT2D eigenvalue weighted by atomic mass is 10.1. The minimum absolute atomic E-state index is 0.0206. The Morgan fingerprint density at radius 1 is 1.50 bits per heavy atom. The molecule has 0 fully saturated rings. The Morgan fingerprint density at radius 2 is 2.30 bits per heavy atom. The SMILES string of the molecule is COC(=O)CSC(c1cccs1)c1cc(Cl)ccc1N. The van der Waals surface area contributed by atoms with Gasteiger partial charge in [-0.15, -0.1) is 23.1 Å². The van der Waals surface area contributed by atoms with Crippen molar-refractivity contribution in [3.05, 3.63) is 51.2 Å². The lowest BCUT2D eigenvalue weighted by Gasteiger charge is -2.17. The van der Waals surface area contributed by atoms with Gasteiger partial charge in [0.25, 0.3) is 0 Å². The second-order valence-corrected chi connectivity index (χ2v) is 6.56. The number of nitrogens with two attached hydrogens (primary N) is 1. The van der Waals surface area contributed by atoms with E-state index in [1.165, 1.54) is 18.9 Å². The van der Waals surface area contributed by atoms with Crippen LogP contribution in [0.3, 0.4) is 0 Å². The molecule has 1 heterocycles. The Kier molecular flexibility index (Phi) is 5.34. The quantitative estimate of drug-likeness (QED) is 0.666. The number of nitrogen functional groups attached to an aromatic ring is 1. The smallest absolute Gasteiger partial charge is 0.315 e. The molecule has 6 heteroatoms. The van der Waals surface area contributed by atoms with Crippen LogP contribution in [0.5, 0.6) is 0 Å². The molecule has 106 valence electrons. The van der Waals surface area contributed by atoms with Crippen LogP contribution in [0.1, 0.15) is 15.7 Å². The number of methoxy groups -OCH3 is 1. The van der Waals surface area contributed by atoms with Crippen LogP contribution in [-0.4, -0.2) is 18.8 Å². The number of carbonyl (C=O) groups is 1. The first-order valence-electron chi connectivity index (χ1n) is 5.88. The Bertz CT molecular complexity index is 587. The summed E-state index contributed by atoms with van der Waals surface area (Å²) in [6.45, 7) is 0. The maximum atomic E-state index is 11.4. The van der Waals surface area contributed by atoms with Crippen LogP contribution in [0.15, 0.2) is 35.7 Å². The molecule has 1 aromatic carbocycles. The third-order valence-corrected chi connectivity index (χ3v) is 5.29. The van der Waals surface area contributed by atoms with Gasteiger partial charge in [0.15, 0.2) is 0 Å². The number of hydrogen-bond acceptors (Lipinski definition) is 5. The van der Waals surface area contributed by atoms with Gasteiger partial charge in [-0.2, -0.15) is 0 Å². The zero-order valence-corrected chi connectivity index (χ0v) is 13.2. The number of esters is 1. The first-order chi connectivity index (χ1) is 9.61. The van der Waals surface area contributed by atoms with Crippen molar-refractivity contribution in [2.75, 3.05) is 18.6 Å². The van der Waals surface area contributed by atoms with Gasteiger partial charge in [-0.25, -0.2) is 0 Å². The largest absolute Gasteiger partial charge is 0.468 e. The standard InChI is InChI=1S/C14H14ClNO2S2/c1-18-13(17)8-20-14(12-3-2-6-19-12)10-7-9(15)4-5-11(10)16/h2-7,14H,8,16H2,1H3. The number of rotatable bonds is 5. The Balaban J connectivity index is 2.31. The predicted molar refractivity (Wildman–Crippen MR) is 86.5 cm³/mol. The van der Waals surface area contributed by atoms with Gasteiger partial charge in [0.1, 0.15) is 0 Å². The molecular weight excluding hydrogens is 314 g/mol. The van der Waals surface area contributed by atoms with E-state index in [0.29, 0.717) is 10.7 Å². The third kappa shape index (κ3) is 3.69. The highest BCUT2D eigenvalue weighted by molar-refractivity contribution is 8.00. The van der Waals surface area contributed by atoms with E-state index in [4.69, 9.17) is 22.1 Å². The summed E-state index contributed by atoms with van der Waals surface area (Å²) in [5, 5.41) is 2.61. The third-order valence-electron chi connectivity index (χ3n) is 2.73. The minimum atomic E-state index is -0.253. The number of carbonyl (C=O) groups excluding carboxylic acids is 1. The molecular formula is C14H14ClNO2S2. The van der Waals surface area contributed by atoms with Crippen molar-refractivity contribution in [2.45, 2.75) is 5.25 Å². The fourth-order valence-corrected chi connectivity index (χ4v) is 4.07. The second-order valence-electron chi connectivity index (χ2n) is 4.06. The molecule has 1 aromatic heterocycles. The monoisotopic (exact) mass is 327 g/mol. The van der Waals surface area contributed by atoms with Crippen molar-refractivity contribution in [3.63, 3.8) is 0 Å². The van der Waals surface area contributed by atoms with Crippen LogP contribution in [0.4, 0.5) is 5.69 Å². The second kappa shape index (κ2) is 7.02. The fraction of sp³-hybridized carbons (Fsp3) is 0.214. The molecule has 0 aliphatic carbocycles. The number of halogens is 1. The Hall–Kier alpha value is -1.17. The van der Waals surface area contributed by atoms with Crippen molar-refractivity contribution in [3.8, 4) is 0 Å². The molecule has 2 aromatic rings. The van der Waals surface area contributed by atoms with E-state index in [1.807, 2.05) is 23.6 Å². The van der Waals surface area contributed by atoms with Gasteiger partial charge < -0.3 is 10.5 Å². The van der Waals surface area contributed by atoms with Crippen LogP contribution in [0, 0.1) is 0 Å². The molecule has 0 bridgehead atoms. The van der Waals surface area contributed by atoms with E-state index in [-0.39, 0.29) is 17.0 Å². The highest BCUT2D eigenvalue weighted by Gasteiger charge is 2.20. The molecule has 3 nitrogen and oxygen atoms in total. The Labute approximate surface area is 131 Å². The average Bonchev–Trinajstić information content (AvgIpc) is 2.96. The van der Waals surface area contributed by atoms with Gasteiger partial charge in [0, 0.05) is 15.6 Å². The molecule has 0 aliphatic rings. The van der Waals surface area contributed by atoms with Crippen molar-refractivity contribution in [1.29, 1.82) is 0 Å². The fourth-order valence-electron chi connectivity index (χ4n) is 1.75. The number of anilines is 1. The number of thiophene rings is 1. The summed E-state index contributed by atoms with van der Waals surface area (Å²) >= 11 is 9.17. The maximum Gasteiger partial charge on any atom is 0.315 e. The highest BCUT2D eigenvalue weighted by atomic mass is 35.5. The van der Waals surface area contributed by atoms with Gasteiger partial charge in [-0.1, -0.05) is 17.7 Å². The molecule has 0 amide bonds. The van der Waals surface area contributed by atoms with E-state index >= 15 is 0 Å². The van der Waals surface area contributed by atoms with Gasteiger partial charge in [-0.3, -0.25) is 4.79 Å². The summed E-state index contributed by atoms with van der Waals surface area (Å²) < 4.78 is 4.69. The molecule has 0 radical (unpaired) electrons.